The second-order valence-corrected chi connectivity index (χ2v) is 4.13. The molecule has 0 atom stereocenters. The zero-order chi connectivity index (χ0) is 14.1. The number of nitrogens with zero attached hydrogens (tertiary/aromatic N) is 1. The molecule has 1 heterocycles. The van der Waals surface area contributed by atoms with E-state index in [0.29, 0.717) is 32.7 Å². The summed E-state index contributed by atoms with van der Waals surface area (Å²) in [5.74, 6) is -0.660. The van der Waals surface area contributed by atoms with Gasteiger partial charge in [0.2, 0.25) is 11.8 Å². The zero-order valence-corrected chi connectivity index (χ0v) is 11.1. The third-order valence-corrected chi connectivity index (χ3v) is 2.60. The fourth-order valence-corrected chi connectivity index (χ4v) is 1.64. The Morgan fingerprint density at radius 3 is 2.95 bits per heavy atom. The third-order valence-electron chi connectivity index (χ3n) is 2.60. The van der Waals surface area contributed by atoms with Gasteiger partial charge in [0.15, 0.2) is 0 Å². The molecule has 0 radical (unpaired) electrons. The van der Waals surface area contributed by atoms with Crippen molar-refractivity contribution in [3.63, 3.8) is 0 Å². The number of hydrogen-bond acceptors (Lipinski definition) is 5. The Labute approximate surface area is 112 Å². The van der Waals surface area contributed by atoms with Gasteiger partial charge >= 0.3 is 5.97 Å². The molecule has 0 saturated carbocycles. The van der Waals surface area contributed by atoms with Crippen LogP contribution in [-0.4, -0.2) is 62.1 Å². The average Bonchev–Trinajstić information content (AvgIpc) is 2.38. The van der Waals surface area contributed by atoms with Crippen molar-refractivity contribution in [3.8, 4) is 0 Å². The molecule has 1 aliphatic rings. The van der Waals surface area contributed by atoms with E-state index in [0.717, 1.165) is 0 Å². The van der Waals surface area contributed by atoms with E-state index in [4.69, 9.17) is 9.47 Å². The molecule has 0 aromatic heterocycles. The van der Waals surface area contributed by atoms with Crippen molar-refractivity contribution in [2.24, 2.45) is 0 Å². The Bertz CT molecular complexity index is 332. The van der Waals surface area contributed by atoms with Crippen LogP contribution in [-0.2, 0) is 23.9 Å². The molecule has 19 heavy (non-hydrogen) atoms. The van der Waals surface area contributed by atoms with Crippen LogP contribution in [0.15, 0.2) is 0 Å². The van der Waals surface area contributed by atoms with Gasteiger partial charge in [0.25, 0.3) is 0 Å². The number of carbonyl (C=O) groups is 3. The summed E-state index contributed by atoms with van der Waals surface area (Å²) >= 11 is 0. The Hall–Kier alpha value is -1.63. The molecule has 0 bridgehead atoms. The van der Waals surface area contributed by atoms with Gasteiger partial charge in [0.1, 0.15) is 6.61 Å². The molecule has 0 aromatic carbocycles. The molecule has 1 N–H and O–H groups in total. The van der Waals surface area contributed by atoms with E-state index in [-0.39, 0.29) is 37.4 Å². The number of carbonyl (C=O) groups excluding carboxylic acids is 3. The van der Waals surface area contributed by atoms with Gasteiger partial charge in [-0.15, -0.1) is 0 Å². The molecule has 1 fully saturated rings. The van der Waals surface area contributed by atoms with E-state index in [1.165, 1.54) is 4.90 Å². The number of esters is 1. The van der Waals surface area contributed by atoms with E-state index in [2.05, 4.69) is 5.32 Å². The number of morpholine rings is 1. The van der Waals surface area contributed by atoms with Crippen LogP contribution in [0.5, 0.6) is 0 Å². The lowest BCUT2D eigenvalue weighted by atomic mass is 10.3. The molecule has 0 aromatic rings. The van der Waals surface area contributed by atoms with Crippen molar-refractivity contribution in [1.82, 2.24) is 10.2 Å². The standard InChI is InChI=1S/C12H20N2O5/c1-2-19-12(17)4-3-5-13-10(15)8-14-6-7-18-9-11(14)16/h2-9H2,1H3,(H,13,15). The van der Waals surface area contributed by atoms with Gasteiger partial charge in [-0.25, -0.2) is 0 Å². The van der Waals surface area contributed by atoms with Crippen LogP contribution in [0.25, 0.3) is 0 Å². The quantitative estimate of drug-likeness (QED) is 0.489. The first-order valence-corrected chi connectivity index (χ1v) is 6.41. The largest absolute Gasteiger partial charge is 0.466 e. The maximum Gasteiger partial charge on any atom is 0.305 e. The van der Waals surface area contributed by atoms with E-state index in [9.17, 15) is 14.4 Å². The fraction of sp³-hybridized carbons (Fsp3) is 0.750. The molecule has 0 unspecified atom stereocenters. The van der Waals surface area contributed by atoms with Crippen LogP contribution in [0.2, 0.25) is 0 Å². The first-order valence-electron chi connectivity index (χ1n) is 6.41. The van der Waals surface area contributed by atoms with Crippen LogP contribution in [0.3, 0.4) is 0 Å². The molecule has 7 heteroatoms. The molecular formula is C12H20N2O5. The Morgan fingerprint density at radius 2 is 2.26 bits per heavy atom. The molecule has 0 aliphatic carbocycles. The van der Waals surface area contributed by atoms with Crippen LogP contribution in [0.4, 0.5) is 0 Å². The molecule has 1 saturated heterocycles. The van der Waals surface area contributed by atoms with Crippen LogP contribution < -0.4 is 5.32 Å². The minimum absolute atomic E-state index is 0.0378. The monoisotopic (exact) mass is 272 g/mol. The molecule has 108 valence electrons. The van der Waals surface area contributed by atoms with Gasteiger partial charge in [0, 0.05) is 19.5 Å². The van der Waals surface area contributed by atoms with E-state index < -0.39 is 0 Å². The molecule has 1 rings (SSSR count). The highest BCUT2D eigenvalue weighted by molar-refractivity contribution is 5.85. The van der Waals surface area contributed by atoms with Crippen LogP contribution in [0.1, 0.15) is 19.8 Å². The molecular weight excluding hydrogens is 252 g/mol. The SMILES string of the molecule is CCOC(=O)CCCNC(=O)CN1CCOCC1=O. The highest BCUT2D eigenvalue weighted by Crippen LogP contribution is 1.98. The minimum atomic E-state index is -0.264. The van der Waals surface area contributed by atoms with Crippen molar-refractivity contribution in [2.45, 2.75) is 19.8 Å². The van der Waals surface area contributed by atoms with Gasteiger partial charge in [-0.3, -0.25) is 14.4 Å². The average molecular weight is 272 g/mol. The topological polar surface area (TPSA) is 84.9 Å². The molecule has 0 spiro atoms. The Balaban J connectivity index is 2.10. The summed E-state index contributed by atoms with van der Waals surface area (Å²) < 4.78 is 9.73. The number of amides is 2. The van der Waals surface area contributed by atoms with Gasteiger partial charge in [-0.1, -0.05) is 0 Å². The maximum absolute atomic E-state index is 11.6. The lowest BCUT2D eigenvalue weighted by Crippen LogP contribution is -2.46. The third kappa shape index (κ3) is 6.19. The van der Waals surface area contributed by atoms with Gasteiger partial charge < -0.3 is 19.7 Å². The minimum Gasteiger partial charge on any atom is -0.466 e. The van der Waals surface area contributed by atoms with E-state index >= 15 is 0 Å². The summed E-state index contributed by atoms with van der Waals surface area (Å²) in [5.41, 5.74) is 0. The summed E-state index contributed by atoms with van der Waals surface area (Å²) in [7, 11) is 0. The summed E-state index contributed by atoms with van der Waals surface area (Å²) in [6, 6.07) is 0. The second-order valence-electron chi connectivity index (χ2n) is 4.13. The summed E-state index contributed by atoms with van der Waals surface area (Å²) in [5, 5.41) is 2.67. The van der Waals surface area contributed by atoms with E-state index in [1.807, 2.05) is 0 Å². The van der Waals surface area contributed by atoms with Crippen molar-refractivity contribution in [3.05, 3.63) is 0 Å². The fourth-order valence-electron chi connectivity index (χ4n) is 1.64. The molecule has 7 nitrogen and oxygen atoms in total. The van der Waals surface area contributed by atoms with Crippen LogP contribution in [0, 0.1) is 0 Å². The number of nitrogens with one attached hydrogen (secondary N) is 1. The Kier molecular flexibility index (Phi) is 6.88. The summed E-state index contributed by atoms with van der Waals surface area (Å²) in [6.45, 7) is 3.49. The lowest BCUT2D eigenvalue weighted by Gasteiger charge is -2.26. The van der Waals surface area contributed by atoms with Gasteiger partial charge in [-0.05, 0) is 13.3 Å². The number of ether oxygens (including phenoxy) is 2. The van der Waals surface area contributed by atoms with Crippen LogP contribution >= 0.6 is 0 Å². The lowest BCUT2D eigenvalue weighted by molar-refractivity contribution is -0.145. The predicted octanol–water partition coefficient (Wildman–Crippen LogP) is -0.695. The normalized spacial score (nSPS) is 15.2. The first kappa shape index (κ1) is 15.4. The Morgan fingerprint density at radius 1 is 1.47 bits per heavy atom. The van der Waals surface area contributed by atoms with Crippen molar-refractivity contribution in [2.75, 3.05) is 39.5 Å². The smallest absolute Gasteiger partial charge is 0.305 e. The predicted molar refractivity (Wildman–Crippen MR) is 66.3 cm³/mol. The van der Waals surface area contributed by atoms with Gasteiger partial charge in [-0.2, -0.15) is 0 Å². The van der Waals surface area contributed by atoms with Crippen molar-refractivity contribution >= 4 is 17.8 Å². The molecule has 1 aliphatic heterocycles. The van der Waals surface area contributed by atoms with Crippen molar-refractivity contribution < 1.29 is 23.9 Å². The maximum atomic E-state index is 11.6. The molecule has 2 amide bonds. The highest BCUT2D eigenvalue weighted by Gasteiger charge is 2.20. The second kappa shape index (κ2) is 8.47. The summed E-state index contributed by atoms with van der Waals surface area (Å²) in [4.78, 5) is 35.5. The summed E-state index contributed by atoms with van der Waals surface area (Å²) in [6.07, 6.45) is 0.812. The zero-order valence-electron chi connectivity index (χ0n) is 11.1. The highest BCUT2D eigenvalue weighted by atomic mass is 16.5. The number of hydrogen-bond donors (Lipinski definition) is 1. The van der Waals surface area contributed by atoms with Crippen molar-refractivity contribution in [1.29, 1.82) is 0 Å². The van der Waals surface area contributed by atoms with Gasteiger partial charge in [0.05, 0.1) is 19.8 Å². The first-order chi connectivity index (χ1) is 9.13. The number of rotatable bonds is 7. The van der Waals surface area contributed by atoms with E-state index in [1.54, 1.807) is 6.92 Å².